The Labute approximate surface area is 157 Å². The molecule has 2 aromatic carbocycles. The molecule has 27 heavy (non-hydrogen) atoms. The van der Waals surface area contributed by atoms with Crippen molar-refractivity contribution in [1.82, 2.24) is 4.98 Å². The summed E-state index contributed by atoms with van der Waals surface area (Å²) >= 11 is 0. The van der Waals surface area contributed by atoms with Gasteiger partial charge < -0.3 is 15.6 Å². The van der Waals surface area contributed by atoms with Gasteiger partial charge in [0.15, 0.2) is 0 Å². The number of allylic oxidation sites excluding steroid dienone is 1. The summed E-state index contributed by atoms with van der Waals surface area (Å²) in [6.07, 6.45) is 1.63. The van der Waals surface area contributed by atoms with Crippen molar-refractivity contribution in [2.24, 2.45) is 0 Å². The first-order valence-corrected chi connectivity index (χ1v) is 8.56. The van der Waals surface area contributed by atoms with Gasteiger partial charge in [0.05, 0.1) is 0 Å². The van der Waals surface area contributed by atoms with Crippen LogP contribution in [0.15, 0.2) is 72.2 Å². The van der Waals surface area contributed by atoms with E-state index in [2.05, 4.69) is 22.2 Å². The zero-order valence-corrected chi connectivity index (χ0v) is 15.3. The molecular weight excluding hydrogens is 338 g/mol. The Kier molecular flexibility index (Phi) is 5.22. The van der Waals surface area contributed by atoms with Gasteiger partial charge in [0.25, 0.3) is 11.5 Å². The van der Waals surface area contributed by atoms with Crippen molar-refractivity contribution in [2.45, 2.75) is 6.92 Å². The number of hydrogen-bond donors (Lipinski definition) is 3. The molecule has 0 atom stereocenters. The minimum absolute atomic E-state index is 0.205. The summed E-state index contributed by atoms with van der Waals surface area (Å²) in [6.45, 7) is 5.79. The SMILES string of the molecule is C=C(C)c1ccc(C(=O)Nc2cc(-c3cccc(NC)c3)c[nH]c2=O)cc1. The van der Waals surface area contributed by atoms with Crippen molar-refractivity contribution in [3.05, 3.63) is 88.9 Å². The number of H-pyrrole nitrogens is 1. The molecule has 1 heterocycles. The summed E-state index contributed by atoms with van der Waals surface area (Å²) in [5, 5.41) is 5.77. The van der Waals surface area contributed by atoms with Crippen LogP contribution in [0, 0.1) is 0 Å². The van der Waals surface area contributed by atoms with Gasteiger partial charge in [-0.15, -0.1) is 0 Å². The van der Waals surface area contributed by atoms with Gasteiger partial charge in [0.1, 0.15) is 5.69 Å². The van der Waals surface area contributed by atoms with Gasteiger partial charge in [-0.3, -0.25) is 9.59 Å². The Morgan fingerprint density at radius 2 is 1.70 bits per heavy atom. The van der Waals surface area contributed by atoms with Crippen LogP contribution in [0.3, 0.4) is 0 Å². The lowest BCUT2D eigenvalue weighted by atomic mass is 10.1. The first kappa shape index (κ1) is 18.2. The highest BCUT2D eigenvalue weighted by atomic mass is 16.2. The summed E-state index contributed by atoms with van der Waals surface area (Å²) in [6, 6.07) is 16.6. The van der Waals surface area contributed by atoms with Gasteiger partial charge in [-0.25, -0.2) is 0 Å². The number of anilines is 2. The van der Waals surface area contributed by atoms with Crippen LogP contribution in [0.2, 0.25) is 0 Å². The standard InChI is InChI=1S/C22H21N3O2/c1-14(2)15-7-9-16(10-8-15)21(26)25-20-12-18(13-24-22(20)27)17-5-4-6-19(11-17)23-3/h4-13,23H,1H2,2-3H3,(H,24,27)(H,25,26). The second-order valence-electron chi connectivity index (χ2n) is 6.27. The summed E-state index contributed by atoms with van der Waals surface area (Å²) in [7, 11) is 1.84. The fourth-order valence-electron chi connectivity index (χ4n) is 2.70. The van der Waals surface area contributed by atoms with Gasteiger partial charge in [0.2, 0.25) is 0 Å². The number of rotatable bonds is 5. The van der Waals surface area contributed by atoms with E-state index in [0.29, 0.717) is 5.56 Å². The largest absolute Gasteiger partial charge is 0.388 e. The molecule has 5 heteroatoms. The maximum absolute atomic E-state index is 12.5. The van der Waals surface area contributed by atoms with E-state index in [0.717, 1.165) is 28.0 Å². The van der Waals surface area contributed by atoms with Crippen molar-refractivity contribution in [1.29, 1.82) is 0 Å². The Balaban J connectivity index is 1.87. The normalized spacial score (nSPS) is 10.3. The van der Waals surface area contributed by atoms with E-state index in [-0.39, 0.29) is 17.2 Å². The van der Waals surface area contributed by atoms with Crippen molar-refractivity contribution in [2.75, 3.05) is 17.7 Å². The van der Waals surface area contributed by atoms with E-state index >= 15 is 0 Å². The number of benzene rings is 2. The molecule has 3 aromatic rings. The van der Waals surface area contributed by atoms with Crippen LogP contribution in [0.1, 0.15) is 22.8 Å². The number of amides is 1. The van der Waals surface area contributed by atoms with E-state index in [4.69, 9.17) is 0 Å². The topological polar surface area (TPSA) is 74.0 Å². The minimum Gasteiger partial charge on any atom is -0.388 e. The lowest BCUT2D eigenvalue weighted by Gasteiger charge is -2.09. The molecule has 0 radical (unpaired) electrons. The summed E-state index contributed by atoms with van der Waals surface area (Å²) in [5.41, 5.74) is 4.92. The molecule has 0 bridgehead atoms. The summed E-state index contributed by atoms with van der Waals surface area (Å²) < 4.78 is 0. The first-order chi connectivity index (χ1) is 13.0. The van der Waals surface area contributed by atoms with Crippen molar-refractivity contribution < 1.29 is 4.79 Å². The quantitative estimate of drug-likeness (QED) is 0.633. The van der Waals surface area contributed by atoms with Crippen LogP contribution in [-0.2, 0) is 0 Å². The third kappa shape index (κ3) is 4.15. The van der Waals surface area contributed by atoms with Crippen LogP contribution in [-0.4, -0.2) is 17.9 Å². The monoisotopic (exact) mass is 359 g/mol. The molecule has 0 saturated heterocycles. The first-order valence-electron chi connectivity index (χ1n) is 8.56. The van der Waals surface area contributed by atoms with Gasteiger partial charge in [0, 0.05) is 30.1 Å². The molecule has 0 aliphatic rings. The fraction of sp³-hybridized carbons (Fsp3) is 0.0909. The van der Waals surface area contributed by atoms with Crippen molar-refractivity contribution in [3.63, 3.8) is 0 Å². The highest BCUT2D eigenvalue weighted by Crippen LogP contribution is 2.23. The minimum atomic E-state index is -0.351. The predicted molar refractivity (Wildman–Crippen MR) is 111 cm³/mol. The van der Waals surface area contributed by atoms with E-state index in [1.54, 1.807) is 24.4 Å². The van der Waals surface area contributed by atoms with Crippen LogP contribution < -0.4 is 16.2 Å². The number of nitrogens with one attached hydrogen (secondary N) is 3. The van der Waals surface area contributed by atoms with Crippen molar-refractivity contribution in [3.8, 4) is 11.1 Å². The fourth-order valence-corrected chi connectivity index (χ4v) is 2.70. The molecule has 0 aliphatic heterocycles. The number of aromatic amines is 1. The van der Waals surface area contributed by atoms with Crippen LogP contribution >= 0.6 is 0 Å². The number of carbonyl (C=O) groups is 1. The molecule has 3 N–H and O–H groups in total. The Hall–Kier alpha value is -3.60. The maximum atomic E-state index is 12.5. The lowest BCUT2D eigenvalue weighted by Crippen LogP contribution is -2.19. The highest BCUT2D eigenvalue weighted by molar-refractivity contribution is 6.04. The van der Waals surface area contributed by atoms with E-state index in [1.807, 2.05) is 50.4 Å². The summed E-state index contributed by atoms with van der Waals surface area (Å²) in [4.78, 5) is 27.3. The molecule has 0 unspecified atom stereocenters. The van der Waals surface area contributed by atoms with E-state index < -0.39 is 0 Å². The van der Waals surface area contributed by atoms with E-state index in [9.17, 15) is 9.59 Å². The average molecular weight is 359 g/mol. The second-order valence-corrected chi connectivity index (χ2v) is 6.27. The third-order valence-corrected chi connectivity index (χ3v) is 4.28. The zero-order valence-electron chi connectivity index (χ0n) is 15.3. The van der Waals surface area contributed by atoms with Crippen molar-refractivity contribution >= 4 is 22.9 Å². The molecule has 0 fully saturated rings. The zero-order chi connectivity index (χ0) is 19.4. The highest BCUT2D eigenvalue weighted by Gasteiger charge is 2.10. The maximum Gasteiger partial charge on any atom is 0.271 e. The molecule has 0 aliphatic carbocycles. The van der Waals surface area contributed by atoms with Crippen LogP contribution in [0.25, 0.3) is 16.7 Å². The smallest absolute Gasteiger partial charge is 0.271 e. The molecule has 1 amide bonds. The molecule has 3 rings (SSSR count). The molecule has 0 spiro atoms. The number of aromatic nitrogens is 1. The molecule has 0 saturated carbocycles. The molecule has 5 nitrogen and oxygen atoms in total. The van der Waals surface area contributed by atoms with Crippen LogP contribution in [0.4, 0.5) is 11.4 Å². The van der Waals surface area contributed by atoms with Gasteiger partial charge in [-0.05, 0) is 48.4 Å². The Morgan fingerprint density at radius 1 is 1.00 bits per heavy atom. The van der Waals surface area contributed by atoms with Gasteiger partial charge in [-0.2, -0.15) is 0 Å². The van der Waals surface area contributed by atoms with Gasteiger partial charge in [-0.1, -0.05) is 36.4 Å². The lowest BCUT2D eigenvalue weighted by molar-refractivity contribution is 0.102. The third-order valence-electron chi connectivity index (χ3n) is 4.28. The number of carbonyl (C=O) groups excluding carboxylic acids is 1. The molecule has 136 valence electrons. The van der Waals surface area contributed by atoms with Crippen LogP contribution in [0.5, 0.6) is 0 Å². The summed E-state index contributed by atoms with van der Waals surface area (Å²) in [5.74, 6) is -0.338. The number of pyridine rings is 1. The number of hydrogen-bond acceptors (Lipinski definition) is 3. The van der Waals surface area contributed by atoms with E-state index in [1.165, 1.54) is 0 Å². The average Bonchev–Trinajstić information content (AvgIpc) is 2.69. The van der Waals surface area contributed by atoms with Gasteiger partial charge >= 0.3 is 0 Å². The Morgan fingerprint density at radius 3 is 2.37 bits per heavy atom. The predicted octanol–water partition coefficient (Wildman–Crippen LogP) is 4.37. The Bertz CT molecular complexity index is 1050. The molecular formula is C22H21N3O2. The molecule has 1 aromatic heterocycles. The second kappa shape index (κ2) is 7.74.